The van der Waals surface area contributed by atoms with Gasteiger partial charge >= 0.3 is 0 Å². The zero-order valence-electron chi connectivity index (χ0n) is 9.85. The summed E-state index contributed by atoms with van der Waals surface area (Å²) in [6.07, 6.45) is 0.666. The number of aliphatic hydroxyl groups is 1. The van der Waals surface area contributed by atoms with E-state index < -0.39 is 22.4 Å². The zero-order chi connectivity index (χ0) is 13.1. The molecule has 1 rings (SSSR count). The molecule has 0 aliphatic rings. The normalized spacial score (nSPS) is 12.1. The Morgan fingerprint density at radius 3 is 2.59 bits per heavy atom. The Labute approximate surface area is 101 Å². The maximum atomic E-state index is 13.1. The van der Waals surface area contributed by atoms with Crippen LogP contribution in [0.5, 0.6) is 0 Å². The van der Waals surface area contributed by atoms with Crippen LogP contribution in [0.2, 0.25) is 0 Å². The molecule has 0 heterocycles. The highest BCUT2D eigenvalue weighted by Gasteiger charge is 2.23. The topological polar surface area (TPSA) is 57.6 Å². The minimum atomic E-state index is -3.73. The van der Waals surface area contributed by atoms with Crippen LogP contribution in [-0.4, -0.2) is 31.4 Å². The maximum absolute atomic E-state index is 13.1. The molecule has 0 bridgehead atoms. The van der Waals surface area contributed by atoms with Crippen LogP contribution in [0.4, 0.5) is 4.39 Å². The molecule has 0 fully saturated rings. The lowest BCUT2D eigenvalue weighted by atomic mass is 10.2. The predicted molar refractivity (Wildman–Crippen MR) is 62.4 cm³/mol. The molecule has 0 saturated heterocycles. The van der Waals surface area contributed by atoms with Gasteiger partial charge in [-0.05, 0) is 24.1 Å². The van der Waals surface area contributed by atoms with Crippen molar-refractivity contribution in [1.82, 2.24) is 4.31 Å². The van der Waals surface area contributed by atoms with Crippen LogP contribution < -0.4 is 0 Å². The zero-order valence-corrected chi connectivity index (χ0v) is 10.7. The summed E-state index contributed by atoms with van der Waals surface area (Å²) in [5.41, 5.74) is 0.203. The Kier molecular flexibility index (Phi) is 4.62. The van der Waals surface area contributed by atoms with Gasteiger partial charge in [0.15, 0.2) is 0 Å². The summed E-state index contributed by atoms with van der Waals surface area (Å²) in [6, 6.07) is 3.35. The van der Waals surface area contributed by atoms with E-state index >= 15 is 0 Å². The summed E-state index contributed by atoms with van der Waals surface area (Å²) >= 11 is 0. The van der Waals surface area contributed by atoms with Crippen molar-refractivity contribution < 1.29 is 17.9 Å². The van der Waals surface area contributed by atoms with Crippen LogP contribution in [0.1, 0.15) is 18.9 Å². The lowest BCUT2D eigenvalue weighted by molar-refractivity contribution is 0.278. The highest BCUT2D eigenvalue weighted by Crippen LogP contribution is 2.20. The molecule has 1 aromatic rings. The van der Waals surface area contributed by atoms with E-state index in [4.69, 9.17) is 5.11 Å². The highest BCUT2D eigenvalue weighted by atomic mass is 32.2. The van der Waals surface area contributed by atoms with Crippen LogP contribution in [0.3, 0.4) is 0 Å². The van der Waals surface area contributed by atoms with Gasteiger partial charge in [-0.25, -0.2) is 17.1 Å². The van der Waals surface area contributed by atoms with Crippen molar-refractivity contribution in [3.05, 3.63) is 29.6 Å². The summed E-state index contributed by atoms with van der Waals surface area (Å²) in [5, 5.41) is 9.08. The van der Waals surface area contributed by atoms with Gasteiger partial charge in [0.05, 0.1) is 11.5 Å². The predicted octanol–water partition coefficient (Wildman–Crippen LogP) is 1.35. The molecule has 4 nitrogen and oxygen atoms in total. The number of aliphatic hydroxyl groups excluding tert-OH is 1. The standard InChI is InChI=1S/C11H16FNO3S/c1-3-6-13(2)17(15,16)11-7-10(12)5-4-9(11)8-14/h4-5,7,14H,3,6,8H2,1-2H3. The van der Waals surface area contributed by atoms with Crippen LogP contribution in [0, 0.1) is 5.82 Å². The van der Waals surface area contributed by atoms with Crippen molar-refractivity contribution >= 4 is 10.0 Å². The van der Waals surface area contributed by atoms with E-state index in [0.717, 1.165) is 16.4 Å². The molecule has 0 aromatic heterocycles. The Balaban J connectivity index is 3.27. The third-order valence-corrected chi connectivity index (χ3v) is 4.37. The fourth-order valence-electron chi connectivity index (χ4n) is 1.50. The van der Waals surface area contributed by atoms with Crippen molar-refractivity contribution in [2.45, 2.75) is 24.8 Å². The molecule has 96 valence electrons. The van der Waals surface area contributed by atoms with Gasteiger partial charge in [0.2, 0.25) is 10.0 Å². The quantitative estimate of drug-likeness (QED) is 0.870. The maximum Gasteiger partial charge on any atom is 0.243 e. The highest BCUT2D eigenvalue weighted by molar-refractivity contribution is 7.89. The van der Waals surface area contributed by atoms with Crippen molar-refractivity contribution in [2.24, 2.45) is 0 Å². The summed E-state index contributed by atoms with van der Waals surface area (Å²) in [6.45, 7) is 1.77. The molecule has 0 spiro atoms. The third-order valence-electron chi connectivity index (χ3n) is 2.43. The van der Waals surface area contributed by atoms with Gasteiger partial charge in [-0.1, -0.05) is 13.0 Å². The third kappa shape index (κ3) is 3.02. The van der Waals surface area contributed by atoms with Gasteiger partial charge in [-0.3, -0.25) is 0 Å². The number of nitrogens with zero attached hydrogens (tertiary/aromatic N) is 1. The molecule has 0 radical (unpaired) electrons. The van der Waals surface area contributed by atoms with Crippen molar-refractivity contribution in [3.63, 3.8) is 0 Å². The second kappa shape index (κ2) is 5.57. The molecule has 17 heavy (non-hydrogen) atoms. The van der Waals surface area contributed by atoms with Gasteiger partial charge in [0, 0.05) is 13.6 Å². The van der Waals surface area contributed by atoms with Crippen molar-refractivity contribution in [2.75, 3.05) is 13.6 Å². The summed E-state index contributed by atoms with van der Waals surface area (Å²) < 4.78 is 38.5. The first-order valence-electron chi connectivity index (χ1n) is 5.29. The number of sulfonamides is 1. The molecular formula is C11H16FNO3S. The monoisotopic (exact) mass is 261 g/mol. The number of rotatable bonds is 5. The Hall–Kier alpha value is -0.980. The average Bonchev–Trinajstić information content (AvgIpc) is 2.29. The fourth-order valence-corrected chi connectivity index (χ4v) is 2.99. The summed E-state index contributed by atoms with van der Waals surface area (Å²) in [5.74, 6) is -0.634. The lowest BCUT2D eigenvalue weighted by Gasteiger charge is -2.18. The number of halogens is 1. The smallest absolute Gasteiger partial charge is 0.243 e. The number of benzene rings is 1. The molecule has 6 heteroatoms. The lowest BCUT2D eigenvalue weighted by Crippen LogP contribution is -2.28. The second-order valence-electron chi connectivity index (χ2n) is 3.74. The molecule has 0 saturated carbocycles. The number of hydrogen-bond acceptors (Lipinski definition) is 3. The first-order chi connectivity index (χ1) is 7.93. The van der Waals surface area contributed by atoms with Crippen LogP contribution in [0.25, 0.3) is 0 Å². The minimum absolute atomic E-state index is 0.170. The Bertz CT molecular complexity index is 487. The molecule has 0 aliphatic heterocycles. The number of hydrogen-bond donors (Lipinski definition) is 1. The average molecular weight is 261 g/mol. The second-order valence-corrected chi connectivity index (χ2v) is 5.75. The molecule has 1 N–H and O–H groups in total. The van der Waals surface area contributed by atoms with Gasteiger partial charge in [0.1, 0.15) is 5.82 Å². The first kappa shape index (κ1) is 14.1. The van der Waals surface area contributed by atoms with E-state index in [1.807, 2.05) is 6.92 Å². The van der Waals surface area contributed by atoms with E-state index in [-0.39, 0.29) is 10.5 Å². The molecule has 0 aliphatic carbocycles. The molecular weight excluding hydrogens is 245 g/mol. The van der Waals surface area contributed by atoms with Crippen LogP contribution >= 0.6 is 0 Å². The molecule has 1 aromatic carbocycles. The van der Waals surface area contributed by atoms with E-state index in [1.54, 1.807) is 0 Å². The Morgan fingerprint density at radius 2 is 2.06 bits per heavy atom. The largest absolute Gasteiger partial charge is 0.392 e. The van der Waals surface area contributed by atoms with Gasteiger partial charge in [-0.15, -0.1) is 0 Å². The van der Waals surface area contributed by atoms with Crippen molar-refractivity contribution in [1.29, 1.82) is 0 Å². The minimum Gasteiger partial charge on any atom is -0.392 e. The summed E-state index contributed by atoms with van der Waals surface area (Å²) in [7, 11) is -2.30. The summed E-state index contributed by atoms with van der Waals surface area (Å²) in [4.78, 5) is -0.170. The van der Waals surface area contributed by atoms with Crippen LogP contribution in [0.15, 0.2) is 23.1 Å². The first-order valence-corrected chi connectivity index (χ1v) is 6.73. The fraction of sp³-hybridized carbons (Fsp3) is 0.455. The van der Waals surface area contributed by atoms with Crippen LogP contribution in [-0.2, 0) is 16.6 Å². The van der Waals surface area contributed by atoms with E-state index in [9.17, 15) is 12.8 Å². The SMILES string of the molecule is CCCN(C)S(=O)(=O)c1cc(F)ccc1CO. The van der Waals surface area contributed by atoms with Gasteiger partial charge in [-0.2, -0.15) is 0 Å². The van der Waals surface area contributed by atoms with E-state index in [2.05, 4.69) is 0 Å². The van der Waals surface area contributed by atoms with E-state index in [1.165, 1.54) is 13.1 Å². The van der Waals surface area contributed by atoms with E-state index in [0.29, 0.717) is 13.0 Å². The molecule has 0 amide bonds. The Morgan fingerprint density at radius 1 is 1.41 bits per heavy atom. The van der Waals surface area contributed by atoms with Gasteiger partial charge in [0.25, 0.3) is 0 Å². The molecule has 0 atom stereocenters. The van der Waals surface area contributed by atoms with Gasteiger partial charge < -0.3 is 5.11 Å². The van der Waals surface area contributed by atoms with Crippen molar-refractivity contribution in [3.8, 4) is 0 Å². The molecule has 0 unspecified atom stereocenters.